The third-order valence-corrected chi connectivity index (χ3v) is 3.19. The maximum Gasteiger partial charge on any atom is 0.259 e. The molecule has 0 atom stereocenters. The molecular formula is C10H8N2OS2. The van der Waals surface area contributed by atoms with Crippen LogP contribution in [-0.2, 0) is 4.79 Å². The SMILES string of the molecule is O=C1CSC(=S)N1/N=C/c1ccccc1. The highest BCUT2D eigenvalue weighted by molar-refractivity contribution is 8.23. The molecule has 0 saturated carbocycles. The first-order valence-electron chi connectivity index (χ1n) is 4.36. The summed E-state index contributed by atoms with van der Waals surface area (Å²) in [5.41, 5.74) is 0.949. The molecule has 0 aliphatic carbocycles. The van der Waals surface area contributed by atoms with Crippen molar-refractivity contribution < 1.29 is 4.79 Å². The lowest BCUT2D eigenvalue weighted by atomic mass is 10.2. The molecule has 1 heterocycles. The molecule has 15 heavy (non-hydrogen) atoms. The first kappa shape index (κ1) is 10.3. The summed E-state index contributed by atoms with van der Waals surface area (Å²) in [5.74, 6) is 0.336. The first-order valence-corrected chi connectivity index (χ1v) is 5.75. The van der Waals surface area contributed by atoms with E-state index < -0.39 is 0 Å². The summed E-state index contributed by atoms with van der Waals surface area (Å²) < 4.78 is 0.521. The van der Waals surface area contributed by atoms with Crippen LogP contribution >= 0.6 is 24.0 Å². The Morgan fingerprint density at radius 2 is 2.13 bits per heavy atom. The highest BCUT2D eigenvalue weighted by Gasteiger charge is 2.25. The molecule has 1 amide bonds. The number of nitrogens with zero attached hydrogens (tertiary/aromatic N) is 2. The molecule has 1 saturated heterocycles. The fourth-order valence-corrected chi connectivity index (χ4v) is 2.09. The van der Waals surface area contributed by atoms with Gasteiger partial charge < -0.3 is 0 Å². The molecule has 0 radical (unpaired) electrons. The predicted octanol–water partition coefficient (Wildman–Crippen LogP) is 1.88. The monoisotopic (exact) mass is 236 g/mol. The Hall–Kier alpha value is -1.20. The quantitative estimate of drug-likeness (QED) is 0.580. The molecule has 0 spiro atoms. The van der Waals surface area contributed by atoms with Crippen LogP contribution in [0.5, 0.6) is 0 Å². The van der Waals surface area contributed by atoms with E-state index in [0.29, 0.717) is 10.1 Å². The lowest BCUT2D eigenvalue weighted by molar-refractivity contribution is -0.123. The molecule has 5 heteroatoms. The smallest absolute Gasteiger partial charge is 0.259 e. The van der Waals surface area contributed by atoms with Crippen molar-refractivity contribution in [2.45, 2.75) is 0 Å². The van der Waals surface area contributed by atoms with Crippen LogP contribution in [0.2, 0.25) is 0 Å². The Labute approximate surface area is 97.2 Å². The largest absolute Gasteiger partial charge is 0.272 e. The fourth-order valence-electron chi connectivity index (χ4n) is 1.12. The number of benzene rings is 1. The van der Waals surface area contributed by atoms with Crippen LogP contribution in [0.15, 0.2) is 35.4 Å². The lowest BCUT2D eigenvalue weighted by Gasteiger charge is -2.05. The standard InChI is InChI=1S/C10H8N2OS2/c13-9-7-15-10(14)12(9)11-6-8-4-2-1-3-5-8/h1-6H,7H2/b11-6+. The Morgan fingerprint density at radius 3 is 2.73 bits per heavy atom. The average molecular weight is 236 g/mol. The van der Waals surface area contributed by atoms with Crippen molar-refractivity contribution in [3.63, 3.8) is 0 Å². The van der Waals surface area contributed by atoms with Crippen molar-refractivity contribution in [1.29, 1.82) is 0 Å². The van der Waals surface area contributed by atoms with Gasteiger partial charge in [0.1, 0.15) is 0 Å². The van der Waals surface area contributed by atoms with E-state index in [-0.39, 0.29) is 5.91 Å². The maximum absolute atomic E-state index is 11.3. The van der Waals surface area contributed by atoms with E-state index in [0.717, 1.165) is 5.56 Å². The molecule has 1 aromatic rings. The molecule has 0 unspecified atom stereocenters. The summed E-state index contributed by atoms with van der Waals surface area (Å²) in [4.78, 5) is 11.3. The molecule has 1 aromatic carbocycles. The molecule has 2 rings (SSSR count). The van der Waals surface area contributed by atoms with Gasteiger partial charge in [0, 0.05) is 0 Å². The number of rotatable bonds is 2. The van der Waals surface area contributed by atoms with Crippen LogP contribution in [0.1, 0.15) is 5.56 Å². The van der Waals surface area contributed by atoms with E-state index in [9.17, 15) is 4.79 Å². The Kier molecular flexibility index (Phi) is 3.13. The second kappa shape index (κ2) is 4.55. The van der Waals surface area contributed by atoms with Crippen molar-refractivity contribution in [2.75, 3.05) is 5.75 Å². The molecule has 0 N–H and O–H groups in total. The minimum absolute atomic E-state index is 0.0582. The van der Waals surface area contributed by atoms with Gasteiger partial charge in [-0.3, -0.25) is 4.79 Å². The van der Waals surface area contributed by atoms with E-state index in [1.165, 1.54) is 16.8 Å². The number of carbonyl (C=O) groups is 1. The van der Waals surface area contributed by atoms with Crippen LogP contribution in [-0.4, -0.2) is 27.2 Å². The Bertz CT molecular complexity index is 401. The topological polar surface area (TPSA) is 32.7 Å². The van der Waals surface area contributed by atoms with Crippen LogP contribution in [0.3, 0.4) is 0 Å². The number of thiocarbonyl (C=S) groups is 1. The summed E-state index contributed by atoms with van der Waals surface area (Å²) in [6.45, 7) is 0. The van der Waals surface area contributed by atoms with Gasteiger partial charge in [0.15, 0.2) is 4.32 Å². The van der Waals surface area contributed by atoms with Crippen molar-refractivity contribution >= 4 is 40.4 Å². The van der Waals surface area contributed by atoms with Gasteiger partial charge in [-0.05, 0) is 5.56 Å². The summed E-state index contributed by atoms with van der Waals surface area (Å²) >= 11 is 6.33. The first-order chi connectivity index (χ1) is 7.27. The summed E-state index contributed by atoms with van der Waals surface area (Å²) in [6.07, 6.45) is 1.64. The average Bonchev–Trinajstić information content (AvgIpc) is 2.58. The van der Waals surface area contributed by atoms with Crippen LogP contribution in [0.4, 0.5) is 0 Å². The summed E-state index contributed by atoms with van der Waals surface area (Å²) in [5, 5.41) is 5.32. The lowest BCUT2D eigenvalue weighted by Crippen LogP contribution is -2.22. The zero-order valence-electron chi connectivity index (χ0n) is 7.79. The summed E-state index contributed by atoms with van der Waals surface area (Å²) in [7, 11) is 0. The van der Waals surface area contributed by atoms with Crippen molar-refractivity contribution in [2.24, 2.45) is 5.10 Å². The third-order valence-electron chi connectivity index (χ3n) is 1.85. The second-order valence-electron chi connectivity index (χ2n) is 2.92. The van der Waals surface area contributed by atoms with Crippen molar-refractivity contribution in [3.8, 4) is 0 Å². The van der Waals surface area contributed by atoms with Gasteiger partial charge in [0.05, 0.1) is 12.0 Å². The number of carbonyl (C=O) groups excluding carboxylic acids is 1. The van der Waals surface area contributed by atoms with Crippen LogP contribution in [0, 0.1) is 0 Å². The predicted molar refractivity (Wildman–Crippen MR) is 65.9 cm³/mol. The fraction of sp³-hybridized carbons (Fsp3) is 0.100. The molecular weight excluding hydrogens is 228 g/mol. The van der Waals surface area contributed by atoms with Gasteiger partial charge in [-0.15, -0.1) is 0 Å². The van der Waals surface area contributed by atoms with Gasteiger partial charge in [-0.1, -0.05) is 54.3 Å². The maximum atomic E-state index is 11.3. The van der Waals surface area contributed by atoms with Gasteiger partial charge in [-0.2, -0.15) is 10.1 Å². The van der Waals surface area contributed by atoms with E-state index in [4.69, 9.17) is 12.2 Å². The second-order valence-corrected chi connectivity index (χ2v) is 4.52. The molecule has 76 valence electrons. The molecule has 0 bridgehead atoms. The number of thioether (sulfide) groups is 1. The molecule has 3 nitrogen and oxygen atoms in total. The van der Waals surface area contributed by atoms with E-state index in [1.54, 1.807) is 6.21 Å². The highest BCUT2D eigenvalue weighted by Crippen LogP contribution is 2.19. The van der Waals surface area contributed by atoms with Gasteiger partial charge >= 0.3 is 0 Å². The minimum atomic E-state index is -0.0582. The Morgan fingerprint density at radius 1 is 1.40 bits per heavy atom. The van der Waals surface area contributed by atoms with E-state index in [1.807, 2.05) is 30.3 Å². The van der Waals surface area contributed by atoms with Crippen LogP contribution < -0.4 is 0 Å². The Balaban J connectivity index is 2.12. The van der Waals surface area contributed by atoms with Crippen molar-refractivity contribution in [3.05, 3.63) is 35.9 Å². The molecule has 1 aliphatic rings. The zero-order valence-corrected chi connectivity index (χ0v) is 9.42. The van der Waals surface area contributed by atoms with E-state index in [2.05, 4.69) is 5.10 Å². The number of hydrogen-bond donors (Lipinski definition) is 0. The molecule has 0 aromatic heterocycles. The van der Waals surface area contributed by atoms with Gasteiger partial charge in [0.2, 0.25) is 0 Å². The number of hydrogen-bond acceptors (Lipinski definition) is 4. The minimum Gasteiger partial charge on any atom is -0.272 e. The zero-order chi connectivity index (χ0) is 10.7. The molecule has 1 fully saturated rings. The van der Waals surface area contributed by atoms with Gasteiger partial charge in [0.25, 0.3) is 5.91 Å². The van der Waals surface area contributed by atoms with Gasteiger partial charge in [-0.25, -0.2) is 0 Å². The summed E-state index contributed by atoms with van der Waals surface area (Å²) in [6, 6.07) is 9.60. The van der Waals surface area contributed by atoms with Crippen LogP contribution in [0.25, 0.3) is 0 Å². The normalized spacial score (nSPS) is 16.7. The molecule has 1 aliphatic heterocycles. The number of hydrazone groups is 1. The number of amides is 1. The highest BCUT2D eigenvalue weighted by atomic mass is 32.2. The van der Waals surface area contributed by atoms with Crippen molar-refractivity contribution in [1.82, 2.24) is 5.01 Å². The van der Waals surface area contributed by atoms with E-state index >= 15 is 0 Å². The third kappa shape index (κ3) is 2.43.